The average Bonchev–Trinajstić information content (AvgIpc) is 2.55. The molecule has 0 amide bonds. The Morgan fingerprint density at radius 1 is 1.28 bits per heavy atom. The van der Waals surface area contributed by atoms with E-state index in [0.717, 1.165) is 22.5 Å². The van der Waals surface area contributed by atoms with Crippen LogP contribution >= 0.6 is 15.9 Å². The molecular formula is C15H22BrNO. The van der Waals surface area contributed by atoms with Crippen molar-refractivity contribution < 1.29 is 5.11 Å². The number of aromatic hydroxyl groups is 1. The number of phenolic OH excluding ortho intramolecular Hbond substituents is 1. The number of phenols is 1. The first-order valence-corrected chi connectivity index (χ1v) is 7.67. The summed E-state index contributed by atoms with van der Waals surface area (Å²) in [5.41, 5.74) is 0.973. The van der Waals surface area contributed by atoms with Crippen LogP contribution in [0.5, 0.6) is 5.75 Å². The van der Waals surface area contributed by atoms with Crippen LogP contribution in [0.1, 0.15) is 44.6 Å². The van der Waals surface area contributed by atoms with Crippen molar-refractivity contribution in [1.82, 2.24) is 5.32 Å². The Morgan fingerprint density at radius 2 is 2.06 bits per heavy atom. The molecule has 2 N–H and O–H groups in total. The maximum atomic E-state index is 9.83. The van der Waals surface area contributed by atoms with Gasteiger partial charge >= 0.3 is 0 Å². The molecule has 3 heteroatoms. The van der Waals surface area contributed by atoms with E-state index < -0.39 is 0 Å². The topological polar surface area (TPSA) is 32.3 Å². The first-order valence-electron chi connectivity index (χ1n) is 6.87. The molecule has 0 radical (unpaired) electrons. The lowest BCUT2D eigenvalue weighted by Crippen LogP contribution is -2.33. The Kier molecular flexibility index (Phi) is 5.07. The number of benzene rings is 1. The number of rotatable bonds is 3. The van der Waals surface area contributed by atoms with E-state index in [1.807, 2.05) is 12.1 Å². The predicted molar refractivity (Wildman–Crippen MR) is 78.7 cm³/mol. The van der Waals surface area contributed by atoms with Crippen molar-refractivity contribution >= 4 is 15.9 Å². The number of nitrogens with one attached hydrogen (secondary N) is 1. The van der Waals surface area contributed by atoms with Crippen LogP contribution in [0.15, 0.2) is 22.7 Å². The fraction of sp³-hybridized carbons (Fsp3) is 0.600. The zero-order valence-electron chi connectivity index (χ0n) is 11.0. The van der Waals surface area contributed by atoms with Gasteiger partial charge in [-0.3, -0.25) is 0 Å². The monoisotopic (exact) mass is 311 g/mol. The SMILES string of the molecule is CC1CCCCCC1NCc1cc(Br)ccc1O. The zero-order chi connectivity index (χ0) is 13.0. The molecule has 1 aromatic carbocycles. The molecule has 1 aliphatic carbocycles. The second-order valence-corrected chi connectivity index (χ2v) is 6.29. The summed E-state index contributed by atoms with van der Waals surface area (Å²) in [5, 5.41) is 13.4. The van der Waals surface area contributed by atoms with Gasteiger partial charge in [0.25, 0.3) is 0 Å². The summed E-state index contributed by atoms with van der Waals surface area (Å²) in [5.74, 6) is 1.12. The van der Waals surface area contributed by atoms with Gasteiger partial charge < -0.3 is 10.4 Å². The van der Waals surface area contributed by atoms with Gasteiger partial charge in [-0.15, -0.1) is 0 Å². The third-order valence-corrected chi connectivity index (χ3v) is 4.45. The minimum atomic E-state index is 0.381. The first-order chi connectivity index (χ1) is 8.66. The Labute approximate surface area is 118 Å². The maximum absolute atomic E-state index is 9.83. The number of hydrogen-bond acceptors (Lipinski definition) is 2. The third-order valence-electron chi connectivity index (χ3n) is 3.96. The van der Waals surface area contributed by atoms with E-state index >= 15 is 0 Å². The molecule has 2 atom stereocenters. The highest BCUT2D eigenvalue weighted by molar-refractivity contribution is 9.10. The Bertz CT molecular complexity index is 394. The van der Waals surface area contributed by atoms with E-state index in [0.29, 0.717) is 11.8 Å². The summed E-state index contributed by atoms with van der Waals surface area (Å²) < 4.78 is 1.02. The van der Waals surface area contributed by atoms with Gasteiger partial charge in [-0.1, -0.05) is 42.1 Å². The van der Waals surface area contributed by atoms with Gasteiger partial charge in [-0.25, -0.2) is 0 Å². The molecule has 0 bridgehead atoms. The van der Waals surface area contributed by atoms with E-state index in [2.05, 4.69) is 28.2 Å². The minimum Gasteiger partial charge on any atom is -0.508 e. The highest BCUT2D eigenvalue weighted by Gasteiger charge is 2.19. The van der Waals surface area contributed by atoms with Gasteiger partial charge in [0, 0.05) is 22.6 Å². The lowest BCUT2D eigenvalue weighted by molar-refractivity contribution is 0.353. The van der Waals surface area contributed by atoms with E-state index in [1.54, 1.807) is 6.07 Å². The second kappa shape index (κ2) is 6.58. The minimum absolute atomic E-state index is 0.381. The van der Waals surface area contributed by atoms with E-state index in [9.17, 15) is 5.11 Å². The smallest absolute Gasteiger partial charge is 0.120 e. The number of hydrogen-bond donors (Lipinski definition) is 2. The summed E-state index contributed by atoms with van der Waals surface area (Å²) in [6.45, 7) is 3.09. The highest BCUT2D eigenvalue weighted by atomic mass is 79.9. The maximum Gasteiger partial charge on any atom is 0.120 e. The summed E-state index contributed by atoms with van der Waals surface area (Å²) in [6.07, 6.45) is 6.64. The molecule has 18 heavy (non-hydrogen) atoms. The molecule has 2 rings (SSSR count). The van der Waals surface area contributed by atoms with Crippen LogP contribution in [0.4, 0.5) is 0 Å². The third kappa shape index (κ3) is 3.72. The van der Waals surface area contributed by atoms with Crippen molar-refractivity contribution in [1.29, 1.82) is 0 Å². The molecule has 1 saturated carbocycles. The van der Waals surface area contributed by atoms with Crippen LogP contribution in [0.2, 0.25) is 0 Å². The van der Waals surface area contributed by atoms with Crippen molar-refractivity contribution in [3.8, 4) is 5.75 Å². The average molecular weight is 312 g/mol. The fourth-order valence-electron chi connectivity index (χ4n) is 2.73. The van der Waals surface area contributed by atoms with Gasteiger partial charge in [0.1, 0.15) is 5.75 Å². The molecule has 2 unspecified atom stereocenters. The van der Waals surface area contributed by atoms with Crippen LogP contribution in [-0.4, -0.2) is 11.1 Å². The second-order valence-electron chi connectivity index (χ2n) is 5.38. The van der Waals surface area contributed by atoms with Gasteiger partial charge in [0.15, 0.2) is 0 Å². The van der Waals surface area contributed by atoms with Gasteiger partial charge in [-0.05, 0) is 37.0 Å². The molecule has 0 aromatic heterocycles. The quantitative estimate of drug-likeness (QED) is 0.819. The molecule has 0 saturated heterocycles. The van der Waals surface area contributed by atoms with Crippen LogP contribution < -0.4 is 5.32 Å². The molecule has 2 nitrogen and oxygen atoms in total. The van der Waals surface area contributed by atoms with Gasteiger partial charge in [0.2, 0.25) is 0 Å². The molecule has 0 heterocycles. The predicted octanol–water partition coefficient (Wildman–Crippen LogP) is 4.21. The van der Waals surface area contributed by atoms with Crippen LogP contribution in [0, 0.1) is 5.92 Å². The Balaban J connectivity index is 1.95. The van der Waals surface area contributed by atoms with E-state index in [1.165, 1.54) is 32.1 Å². The summed E-state index contributed by atoms with van der Waals surface area (Å²) in [6, 6.07) is 6.19. The Morgan fingerprint density at radius 3 is 2.89 bits per heavy atom. The largest absolute Gasteiger partial charge is 0.508 e. The molecule has 100 valence electrons. The van der Waals surface area contributed by atoms with Crippen LogP contribution in [0.3, 0.4) is 0 Å². The molecule has 0 aliphatic heterocycles. The molecular weight excluding hydrogens is 290 g/mol. The van der Waals surface area contributed by atoms with Crippen LogP contribution in [0.25, 0.3) is 0 Å². The van der Waals surface area contributed by atoms with Crippen molar-refractivity contribution in [3.63, 3.8) is 0 Å². The first kappa shape index (κ1) is 13.9. The number of halogens is 1. The van der Waals surface area contributed by atoms with Crippen molar-refractivity contribution in [2.75, 3.05) is 0 Å². The van der Waals surface area contributed by atoms with Crippen molar-refractivity contribution in [2.45, 2.75) is 51.6 Å². The molecule has 1 fully saturated rings. The summed E-state index contributed by atoms with van der Waals surface area (Å²) >= 11 is 3.45. The van der Waals surface area contributed by atoms with Gasteiger partial charge in [0.05, 0.1) is 0 Å². The summed E-state index contributed by atoms with van der Waals surface area (Å²) in [7, 11) is 0. The van der Waals surface area contributed by atoms with Crippen molar-refractivity contribution in [2.24, 2.45) is 5.92 Å². The normalized spacial score (nSPS) is 24.8. The fourth-order valence-corrected chi connectivity index (χ4v) is 3.14. The lowest BCUT2D eigenvalue weighted by atomic mass is 9.97. The zero-order valence-corrected chi connectivity index (χ0v) is 12.5. The lowest BCUT2D eigenvalue weighted by Gasteiger charge is -2.23. The van der Waals surface area contributed by atoms with E-state index in [-0.39, 0.29) is 0 Å². The Hall–Kier alpha value is -0.540. The molecule has 0 spiro atoms. The van der Waals surface area contributed by atoms with Crippen molar-refractivity contribution in [3.05, 3.63) is 28.2 Å². The molecule has 1 aliphatic rings. The summed E-state index contributed by atoms with van der Waals surface area (Å²) in [4.78, 5) is 0. The van der Waals surface area contributed by atoms with Gasteiger partial charge in [-0.2, -0.15) is 0 Å². The molecule has 1 aromatic rings. The standard InChI is InChI=1S/C15H22BrNO/c1-11-5-3-2-4-6-14(11)17-10-12-9-13(16)7-8-15(12)18/h7-9,11,14,17-18H,2-6,10H2,1H3. The van der Waals surface area contributed by atoms with E-state index in [4.69, 9.17) is 0 Å². The van der Waals surface area contributed by atoms with Crippen LogP contribution in [-0.2, 0) is 6.54 Å². The highest BCUT2D eigenvalue weighted by Crippen LogP contribution is 2.25.